The second kappa shape index (κ2) is 5.84. The van der Waals surface area contributed by atoms with Crippen molar-refractivity contribution in [2.75, 3.05) is 7.11 Å². The Hall–Kier alpha value is -1.88. The van der Waals surface area contributed by atoms with Crippen molar-refractivity contribution in [3.8, 4) is 5.88 Å². The summed E-state index contributed by atoms with van der Waals surface area (Å²) in [5.41, 5.74) is 1.54. The monoisotopic (exact) mass is 261 g/mol. The van der Waals surface area contributed by atoms with Crippen LogP contribution in [0.15, 0.2) is 30.6 Å². The van der Waals surface area contributed by atoms with Gasteiger partial charge >= 0.3 is 0 Å². The number of pyridine rings is 1. The second-order valence-electron chi connectivity index (χ2n) is 4.70. The van der Waals surface area contributed by atoms with Gasteiger partial charge in [-0.05, 0) is 32.0 Å². The normalized spacial score (nSPS) is 12.7. The van der Waals surface area contributed by atoms with Gasteiger partial charge in [-0.25, -0.2) is 4.98 Å². The molecule has 0 aliphatic rings. The molecular formula is C14H19N3O2. The number of nitrogens with zero attached hydrogens (tertiary/aromatic N) is 3. The summed E-state index contributed by atoms with van der Waals surface area (Å²) < 4.78 is 7.03. The summed E-state index contributed by atoms with van der Waals surface area (Å²) in [6, 6.07) is 5.84. The number of hydrogen-bond donors (Lipinski definition) is 1. The SMILES string of the molecule is COc1ncccc1C(O)Cc1ccn(C(C)C)n1. The fourth-order valence-corrected chi connectivity index (χ4v) is 1.91. The van der Waals surface area contributed by atoms with Gasteiger partial charge in [-0.15, -0.1) is 0 Å². The van der Waals surface area contributed by atoms with E-state index in [-0.39, 0.29) is 0 Å². The zero-order valence-corrected chi connectivity index (χ0v) is 11.4. The van der Waals surface area contributed by atoms with Crippen molar-refractivity contribution in [3.63, 3.8) is 0 Å². The molecule has 2 aromatic rings. The Labute approximate surface area is 112 Å². The third-order valence-electron chi connectivity index (χ3n) is 2.95. The number of methoxy groups -OCH3 is 1. The van der Waals surface area contributed by atoms with Gasteiger partial charge in [0.25, 0.3) is 0 Å². The van der Waals surface area contributed by atoms with Crippen LogP contribution in [0.3, 0.4) is 0 Å². The lowest BCUT2D eigenvalue weighted by molar-refractivity contribution is 0.171. The van der Waals surface area contributed by atoms with E-state index in [1.54, 1.807) is 19.4 Å². The minimum atomic E-state index is -0.667. The highest BCUT2D eigenvalue weighted by Gasteiger charge is 2.16. The Morgan fingerprint density at radius 3 is 2.79 bits per heavy atom. The van der Waals surface area contributed by atoms with Crippen LogP contribution in [0.1, 0.15) is 37.3 Å². The van der Waals surface area contributed by atoms with E-state index in [1.807, 2.05) is 23.0 Å². The number of ether oxygens (including phenoxy) is 1. The summed E-state index contributed by atoms with van der Waals surface area (Å²) in [7, 11) is 1.55. The predicted octanol–water partition coefficient (Wildman–Crippen LogP) is 2.14. The van der Waals surface area contributed by atoms with Gasteiger partial charge in [0, 0.05) is 30.4 Å². The first-order chi connectivity index (χ1) is 9.11. The zero-order chi connectivity index (χ0) is 13.8. The molecule has 0 amide bonds. The van der Waals surface area contributed by atoms with Crippen molar-refractivity contribution in [3.05, 3.63) is 41.9 Å². The number of aromatic nitrogens is 3. The van der Waals surface area contributed by atoms with Gasteiger partial charge in [-0.3, -0.25) is 4.68 Å². The molecule has 102 valence electrons. The van der Waals surface area contributed by atoms with Gasteiger partial charge in [0.1, 0.15) is 0 Å². The molecule has 2 heterocycles. The Bertz CT molecular complexity index is 537. The molecule has 0 radical (unpaired) electrons. The molecule has 0 spiro atoms. The molecule has 2 aromatic heterocycles. The summed E-state index contributed by atoms with van der Waals surface area (Å²) in [4.78, 5) is 4.09. The van der Waals surface area contributed by atoms with E-state index in [0.717, 1.165) is 5.69 Å². The predicted molar refractivity (Wildman–Crippen MR) is 72.1 cm³/mol. The van der Waals surface area contributed by atoms with Crippen molar-refractivity contribution < 1.29 is 9.84 Å². The van der Waals surface area contributed by atoms with Crippen LogP contribution in [0.5, 0.6) is 5.88 Å². The Kier molecular flexibility index (Phi) is 4.16. The standard InChI is InChI=1S/C14H19N3O2/c1-10(2)17-8-6-11(16-17)9-13(18)12-5-4-7-15-14(12)19-3/h4-8,10,13,18H,9H2,1-3H3. The minimum Gasteiger partial charge on any atom is -0.481 e. The van der Waals surface area contributed by atoms with E-state index in [2.05, 4.69) is 23.9 Å². The van der Waals surface area contributed by atoms with E-state index in [4.69, 9.17) is 4.74 Å². The molecule has 19 heavy (non-hydrogen) atoms. The fraction of sp³-hybridized carbons (Fsp3) is 0.429. The average Bonchev–Trinajstić information content (AvgIpc) is 2.87. The highest BCUT2D eigenvalue weighted by molar-refractivity contribution is 5.28. The Balaban J connectivity index is 2.13. The van der Waals surface area contributed by atoms with Gasteiger partial charge in [-0.2, -0.15) is 5.10 Å². The summed E-state index contributed by atoms with van der Waals surface area (Å²) in [5.74, 6) is 0.457. The molecule has 2 rings (SSSR count). The van der Waals surface area contributed by atoms with Gasteiger partial charge < -0.3 is 9.84 Å². The van der Waals surface area contributed by atoms with Crippen molar-refractivity contribution in [1.82, 2.24) is 14.8 Å². The maximum Gasteiger partial charge on any atom is 0.218 e. The summed E-state index contributed by atoms with van der Waals surface area (Å²) in [6.07, 6.45) is 3.34. The van der Waals surface area contributed by atoms with Crippen molar-refractivity contribution in [2.24, 2.45) is 0 Å². The van der Waals surface area contributed by atoms with Crippen LogP contribution in [0.25, 0.3) is 0 Å². The average molecular weight is 261 g/mol. The molecule has 0 fully saturated rings. The third kappa shape index (κ3) is 3.12. The molecule has 0 saturated carbocycles. The molecule has 5 nitrogen and oxygen atoms in total. The molecular weight excluding hydrogens is 242 g/mol. The van der Waals surface area contributed by atoms with E-state index in [9.17, 15) is 5.11 Å². The summed E-state index contributed by atoms with van der Waals surface area (Å²) >= 11 is 0. The van der Waals surface area contributed by atoms with E-state index < -0.39 is 6.10 Å². The van der Waals surface area contributed by atoms with Crippen LogP contribution in [0.4, 0.5) is 0 Å². The van der Waals surface area contributed by atoms with Crippen LogP contribution in [0.2, 0.25) is 0 Å². The third-order valence-corrected chi connectivity index (χ3v) is 2.95. The molecule has 0 aliphatic heterocycles. The first kappa shape index (κ1) is 13.5. The van der Waals surface area contributed by atoms with E-state index in [0.29, 0.717) is 23.9 Å². The first-order valence-corrected chi connectivity index (χ1v) is 6.32. The number of aliphatic hydroxyl groups excluding tert-OH is 1. The van der Waals surface area contributed by atoms with E-state index >= 15 is 0 Å². The quantitative estimate of drug-likeness (QED) is 0.895. The lowest BCUT2D eigenvalue weighted by atomic mass is 10.1. The van der Waals surface area contributed by atoms with E-state index in [1.165, 1.54) is 0 Å². The largest absolute Gasteiger partial charge is 0.481 e. The number of aliphatic hydroxyl groups is 1. The van der Waals surface area contributed by atoms with Crippen LogP contribution < -0.4 is 4.74 Å². The molecule has 0 saturated heterocycles. The maximum atomic E-state index is 10.3. The Morgan fingerprint density at radius 1 is 1.37 bits per heavy atom. The first-order valence-electron chi connectivity index (χ1n) is 6.32. The minimum absolute atomic E-state index is 0.318. The smallest absolute Gasteiger partial charge is 0.218 e. The summed E-state index contributed by atoms with van der Waals surface area (Å²) in [5, 5.41) is 14.7. The van der Waals surface area contributed by atoms with Crippen molar-refractivity contribution in [2.45, 2.75) is 32.4 Å². The zero-order valence-electron chi connectivity index (χ0n) is 11.4. The van der Waals surface area contributed by atoms with Crippen LogP contribution >= 0.6 is 0 Å². The molecule has 0 bridgehead atoms. The molecule has 0 aliphatic carbocycles. The van der Waals surface area contributed by atoms with Crippen LogP contribution in [-0.4, -0.2) is 27.0 Å². The van der Waals surface area contributed by atoms with Gasteiger partial charge in [0.05, 0.1) is 18.9 Å². The van der Waals surface area contributed by atoms with Gasteiger partial charge in [0.15, 0.2) is 0 Å². The number of hydrogen-bond acceptors (Lipinski definition) is 4. The lowest BCUT2D eigenvalue weighted by Crippen LogP contribution is -2.07. The number of rotatable bonds is 5. The second-order valence-corrected chi connectivity index (χ2v) is 4.70. The maximum absolute atomic E-state index is 10.3. The molecule has 5 heteroatoms. The van der Waals surface area contributed by atoms with Gasteiger partial charge in [0.2, 0.25) is 5.88 Å². The molecule has 0 aromatic carbocycles. The lowest BCUT2D eigenvalue weighted by Gasteiger charge is -2.12. The van der Waals surface area contributed by atoms with Crippen molar-refractivity contribution >= 4 is 0 Å². The fourth-order valence-electron chi connectivity index (χ4n) is 1.91. The van der Waals surface area contributed by atoms with Crippen LogP contribution in [0, 0.1) is 0 Å². The highest BCUT2D eigenvalue weighted by Crippen LogP contribution is 2.24. The Morgan fingerprint density at radius 2 is 2.16 bits per heavy atom. The van der Waals surface area contributed by atoms with Gasteiger partial charge in [-0.1, -0.05) is 0 Å². The van der Waals surface area contributed by atoms with Crippen LogP contribution in [-0.2, 0) is 6.42 Å². The molecule has 1 N–H and O–H groups in total. The molecule has 1 unspecified atom stereocenters. The molecule has 1 atom stereocenters. The summed E-state index contributed by atoms with van der Waals surface area (Å²) in [6.45, 7) is 4.13. The highest BCUT2D eigenvalue weighted by atomic mass is 16.5. The van der Waals surface area contributed by atoms with Crippen molar-refractivity contribution in [1.29, 1.82) is 0 Å². The topological polar surface area (TPSA) is 60.2 Å².